The van der Waals surface area contributed by atoms with Gasteiger partial charge in [0.2, 0.25) is 0 Å². The van der Waals surface area contributed by atoms with Gasteiger partial charge in [-0.25, -0.2) is 9.18 Å². The Bertz CT molecular complexity index is 921. The maximum Gasteiger partial charge on any atom is 0.411 e. The summed E-state index contributed by atoms with van der Waals surface area (Å²) in [6.07, 6.45) is 2.96. The molecule has 2 aliphatic rings. The van der Waals surface area contributed by atoms with Gasteiger partial charge in [-0.3, -0.25) is 4.90 Å². The van der Waals surface area contributed by atoms with Crippen LogP contribution in [-0.2, 0) is 17.7 Å². The first-order chi connectivity index (χ1) is 15.9. The molecular weight excluding hydrogens is 419 g/mol. The van der Waals surface area contributed by atoms with Crippen molar-refractivity contribution in [2.45, 2.75) is 70.7 Å². The van der Waals surface area contributed by atoms with E-state index in [1.807, 2.05) is 41.3 Å². The Balaban J connectivity index is 1.56. The minimum Gasteiger partial charge on any atom is -0.494 e. The standard InChI is InChI=1S/C27H35FN2O3/c1-4-17-32-24-11-7-22(8-12-24)19-30-25(18-21-5-9-23(28)10-6-21)27(33-26(30)31)13-15-29(16-14-27)20(2)3/h5-12,20,25H,4,13-19H2,1-3H3. The van der Waals surface area contributed by atoms with E-state index in [0.717, 1.165) is 49.2 Å². The lowest BCUT2D eigenvalue weighted by Crippen LogP contribution is -2.54. The lowest BCUT2D eigenvalue weighted by Gasteiger charge is -2.43. The van der Waals surface area contributed by atoms with Crippen LogP contribution in [0.5, 0.6) is 5.75 Å². The van der Waals surface area contributed by atoms with Gasteiger partial charge in [0.15, 0.2) is 0 Å². The predicted molar refractivity (Wildman–Crippen MR) is 127 cm³/mol. The maximum atomic E-state index is 13.5. The van der Waals surface area contributed by atoms with Gasteiger partial charge in [0, 0.05) is 38.5 Å². The van der Waals surface area contributed by atoms with E-state index in [-0.39, 0.29) is 18.0 Å². The largest absolute Gasteiger partial charge is 0.494 e. The van der Waals surface area contributed by atoms with Gasteiger partial charge in [-0.2, -0.15) is 0 Å². The third kappa shape index (κ3) is 5.32. The van der Waals surface area contributed by atoms with Crippen molar-refractivity contribution in [3.05, 3.63) is 65.5 Å². The van der Waals surface area contributed by atoms with E-state index in [2.05, 4.69) is 25.7 Å². The summed E-state index contributed by atoms with van der Waals surface area (Å²) in [5.41, 5.74) is 1.54. The number of likely N-dealkylation sites (tertiary alicyclic amines) is 1. The topological polar surface area (TPSA) is 42.0 Å². The fourth-order valence-electron chi connectivity index (χ4n) is 4.99. The van der Waals surface area contributed by atoms with Crippen LogP contribution in [0.15, 0.2) is 48.5 Å². The molecule has 1 unspecified atom stereocenters. The molecule has 0 radical (unpaired) electrons. The lowest BCUT2D eigenvalue weighted by molar-refractivity contribution is -0.0278. The van der Waals surface area contributed by atoms with Crippen molar-refractivity contribution < 1.29 is 18.7 Å². The summed E-state index contributed by atoms with van der Waals surface area (Å²) in [5.74, 6) is 0.588. The first-order valence-electron chi connectivity index (χ1n) is 12.1. The van der Waals surface area contributed by atoms with Crippen molar-refractivity contribution in [2.75, 3.05) is 19.7 Å². The Kier molecular flexibility index (Phi) is 7.23. The number of rotatable bonds is 8. The molecule has 0 aromatic heterocycles. The van der Waals surface area contributed by atoms with Crippen molar-refractivity contribution in [1.29, 1.82) is 0 Å². The lowest BCUT2D eigenvalue weighted by atomic mass is 9.80. The molecule has 0 N–H and O–H groups in total. The number of carbonyl (C=O) groups excluding carboxylic acids is 1. The number of ether oxygens (including phenoxy) is 2. The average molecular weight is 455 g/mol. The van der Waals surface area contributed by atoms with Crippen molar-refractivity contribution in [3.63, 3.8) is 0 Å². The van der Waals surface area contributed by atoms with Crippen LogP contribution in [0, 0.1) is 5.82 Å². The van der Waals surface area contributed by atoms with Crippen molar-refractivity contribution in [1.82, 2.24) is 9.80 Å². The number of nitrogens with zero attached hydrogens (tertiary/aromatic N) is 2. The van der Waals surface area contributed by atoms with Crippen molar-refractivity contribution in [3.8, 4) is 5.75 Å². The second-order valence-corrected chi connectivity index (χ2v) is 9.53. The van der Waals surface area contributed by atoms with Crippen LogP contribution in [0.25, 0.3) is 0 Å². The molecule has 0 bridgehead atoms. The Hall–Kier alpha value is -2.60. The highest BCUT2D eigenvalue weighted by Crippen LogP contribution is 2.41. The van der Waals surface area contributed by atoms with E-state index in [4.69, 9.17) is 9.47 Å². The summed E-state index contributed by atoms with van der Waals surface area (Å²) in [6, 6.07) is 14.9. The third-order valence-electron chi connectivity index (χ3n) is 6.97. The second-order valence-electron chi connectivity index (χ2n) is 9.53. The van der Waals surface area contributed by atoms with Gasteiger partial charge in [-0.05, 0) is 62.1 Å². The summed E-state index contributed by atoms with van der Waals surface area (Å²) < 4.78 is 25.3. The predicted octanol–water partition coefficient (Wildman–Crippen LogP) is 5.42. The van der Waals surface area contributed by atoms with Crippen LogP contribution in [-0.4, -0.2) is 53.3 Å². The maximum absolute atomic E-state index is 13.5. The molecule has 0 saturated carbocycles. The molecule has 0 aliphatic carbocycles. The zero-order valence-electron chi connectivity index (χ0n) is 19.9. The van der Waals surface area contributed by atoms with Crippen molar-refractivity contribution >= 4 is 6.09 Å². The average Bonchev–Trinajstić information content (AvgIpc) is 3.05. The van der Waals surface area contributed by atoms with Crippen LogP contribution in [0.4, 0.5) is 9.18 Å². The SMILES string of the molecule is CCCOc1ccc(CN2C(=O)OC3(CCN(C(C)C)CC3)C2Cc2ccc(F)cc2)cc1. The third-order valence-corrected chi connectivity index (χ3v) is 6.97. The van der Waals surface area contributed by atoms with E-state index in [0.29, 0.717) is 25.6 Å². The zero-order valence-corrected chi connectivity index (χ0v) is 19.9. The van der Waals surface area contributed by atoms with Gasteiger partial charge >= 0.3 is 6.09 Å². The smallest absolute Gasteiger partial charge is 0.411 e. The fraction of sp³-hybridized carbons (Fsp3) is 0.519. The number of halogens is 1. The Morgan fingerprint density at radius 2 is 1.70 bits per heavy atom. The molecule has 4 rings (SSSR count). The molecule has 178 valence electrons. The van der Waals surface area contributed by atoms with Crippen LogP contribution in [0.1, 0.15) is 51.2 Å². The highest BCUT2D eigenvalue weighted by atomic mass is 19.1. The number of carbonyl (C=O) groups is 1. The molecule has 1 spiro atoms. The Morgan fingerprint density at radius 3 is 2.30 bits per heavy atom. The van der Waals surface area contributed by atoms with E-state index < -0.39 is 5.60 Å². The summed E-state index contributed by atoms with van der Waals surface area (Å²) in [7, 11) is 0. The summed E-state index contributed by atoms with van der Waals surface area (Å²) in [4.78, 5) is 17.4. The monoisotopic (exact) mass is 454 g/mol. The molecule has 2 heterocycles. The normalized spacial score (nSPS) is 20.5. The zero-order chi connectivity index (χ0) is 23.4. The van der Waals surface area contributed by atoms with E-state index in [1.54, 1.807) is 0 Å². The number of benzene rings is 2. The first kappa shape index (κ1) is 23.6. The number of piperidine rings is 1. The Labute approximate surface area is 196 Å². The minimum absolute atomic E-state index is 0.0965. The molecule has 2 fully saturated rings. The van der Waals surface area contributed by atoms with Gasteiger partial charge < -0.3 is 14.4 Å². The van der Waals surface area contributed by atoms with Crippen LogP contribution in [0.3, 0.4) is 0 Å². The second kappa shape index (κ2) is 10.1. The van der Waals surface area contributed by atoms with Gasteiger partial charge in [-0.15, -0.1) is 0 Å². The van der Waals surface area contributed by atoms with Gasteiger partial charge in [0.1, 0.15) is 17.2 Å². The summed E-state index contributed by atoms with van der Waals surface area (Å²) in [5, 5.41) is 0. The molecule has 2 aromatic carbocycles. The van der Waals surface area contributed by atoms with E-state index in [9.17, 15) is 9.18 Å². The van der Waals surface area contributed by atoms with Crippen LogP contribution < -0.4 is 4.74 Å². The molecule has 2 aromatic rings. The van der Waals surface area contributed by atoms with Gasteiger partial charge in [0.05, 0.1) is 12.6 Å². The molecular formula is C27H35FN2O3. The van der Waals surface area contributed by atoms with Crippen LogP contribution >= 0.6 is 0 Å². The van der Waals surface area contributed by atoms with Gasteiger partial charge in [0.25, 0.3) is 0 Å². The molecule has 1 atom stereocenters. The number of hydrogen-bond donors (Lipinski definition) is 0. The molecule has 33 heavy (non-hydrogen) atoms. The van der Waals surface area contributed by atoms with Gasteiger partial charge in [-0.1, -0.05) is 31.2 Å². The minimum atomic E-state index is -0.513. The number of amides is 1. The molecule has 1 amide bonds. The first-order valence-corrected chi connectivity index (χ1v) is 12.1. The Morgan fingerprint density at radius 1 is 1.06 bits per heavy atom. The van der Waals surface area contributed by atoms with Crippen LogP contribution in [0.2, 0.25) is 0 Å². The molecule has 5 nitrogen and oxygen atoms in total. The number of hydrogen-bond acceptors (Lipinski definition) is 4. The van der Waals surface area contributed by atoms with E-state index in [1.165, 1.54) is 12.1 Å². The highest BCUT2D eigenvalue weighted by molar-refractivity contribution is 5.72. The highest BCUT2D eigenvalue weighted by Gasteiger charge is 2.54. The van der Waals surface area contributed by atoms with Crippen molar-refractivity contribution in [2.24, 2.45) is 0 Å². The molecule has 2 aliphatic heterocycles. The molecule has 2 saturated heterocycles. The summed E-state index contributed by atoms with van der Waals surface area (Å²) in [6.45, 7) is 9.46. The summed E-state index contributed by atoms with van der Waals surface area (Å²) >= 11 is 0. The quantitative estimate of drug-likeness (QED) is 0.534. The van der Waals surface area contributed by atoms with E-state index >= 15 is 0 Å². The molecule has 6 heteroatoms. The fourth-order valence-corrected chi connectivity index (χ4v) is 4.99.